The number of halogens is 1. The van der Waals surface area contributed by atoms with Gasteiger partial charge in [0.1, 0.15) is 0 Å². The molecule has 94 valence electrons. The summed E-state index contributed by atoms with van der Waals surface area (Å²) in [4.78, 5) is 16.1. The highest BCUT2D eigenvalue weighted by Crippen LogP contribution is 2.25. The van der Waals surface area contributed by atoms with Crippen LogP contribution >= 0.6 is 11.6 Å². The van der Waals surface area contributed by atoms with E-state index in [-0.39, 0.29) is 18.6 Å². The molecular formula is C13H13ClN2O2. The molecular weight excluding hydrogens is 252 g/mol. The van der Waals surface area contributed by atoms with E-state index in [0.717, 1.165) is 10.9 Å². The van der Waals surface area contributed by atoms with Crippen LogP contribution in [0.1, 0.15) is 17.3 Å². The topological polar surface area (TPSA) is 62.2 Å². The van der Waals surface area contributed by atoms with E-state index in [4.69, 9.17) is 16.7 Å². The molecule has 2 rings (SSSR count). The van der Waals surface area contributed by atoms with Gasteiger partial charge in [-0.15, -0.1) is 0 Å². The summed E-state index contributed by atoms with van der Waals surface area (Å²) in [6.45, 7) is 1.59. The first kappa shape index (κ1) is 12.8. The van der Waals surface area contributed by atoms with Gasteiger partial charge in [0.15, 0.2) is 0 Å². The number of nitrogens with one attached hydrogen (secondary N) is 1. The van der Waals surface area contributed by atoms with E-state index in [1.54, 1.807) is 6.92 Å². The van der Waals surface area contributed by atoms with Crippen LogP contribution in [0, 0.1) is 0 Å². The van der Waals surface area contributed by atoms with Crippen LogP contribution in [0.5, 0.6) is 0 Å². The van der Waals surface area contributed by atoms with Crippen molar-refractivity contribution in [2.45, 2.75) is 13.0 Å². The fourth-order valence-electron chi connectivity index (χ4n) is 1.61. The Morgan fingerprint density at radius 1 is 1.50 bits per heavy atom. The molecule has 1 atom stereocenters. The largest absolute Gasteiger partial charge is 0.394 e. The van der Waals surface area contributed by atoms with Crippen LogP contribution in [0.15, 0.2) is 30.5 Å². The number of aliphatic hydroxyl groups excluding tert-OH is 1. The summed E-state index contributed by atoms with van der Waals surface area (Å²) in [7, 11) is 0. The molecule has 0 bridgehead atoms. The van der Waals surface area contributed by atoms with Crippen LogP contribution in [0.25, 0.3) is 10.9 Å². The first-order valence-electron chi connectivity index (χ1n) is 5.58. The maximum Gasteiger partial charge on any atom is 0.254 e. The average molecular weight is 265 g/mol. The Kier molecular flexibility index (Phi) is 3.79. The van der Waals surface area contributed by atoms with E-state index in [9.17, 15) is 4.79 Å². The van der Waals surface area contributed by atoms with Gasteiger partial charge in [-0.2, -0.15) is 0 Å². The Morgan fingerprint density at radius 2 is 2.22 bits per heavy atom. The molecule has 18 heavy (non-hydrogen) atoms. The summed E-state index contributed by atoms with van der Waals surface area (Å²) in [5.41, 5.74) is 1.06. The van der Waals surface area contributed by atoms with Crippen molar-refractivity contribution in [3.05, 3.63) is 41.0 Å². The Morgan fingerprint density at radius 3 is 2.94 bits per heavy atom. The van der Waals surface area contributed by atoms with Crippen LogP contribution in [0.4, 0.5) is 0 Å². The zero-order valence-electron chi connectivity index (χ0n) is 9.85. The van der Waals surface area contributed by atoms with E-state index in [1.165, 1.54) is 6.20 Å². The van der Waals surface area contributed by atoms with Crippen LogP contribution in [0.2, 0.25) is 5.02 Å². The highest BCUT2D eigenvalue weighted by Gasteiger charge is 2.15. The molecule has 0 fully saturated rings. The number of hydrogen-bond donors (Lipinski definition) is 2. The number of para-hydroxylation sites is 1. The zero-order valence-corrected chi connectivity index (χ0v) is 10.6. The van der Waals surface area contributed by atoms with Crippen molar-refractivity contribution in [1.82, 2.24) is 10.3 Å². The normalized spacial score (nSPS) is 12.4. The SMILES string of the molecule is C[C@@H](CO)NC(=O)c1cnc2ccccc2c1Cl. The van der Waals surface area contributed by atoms with Gasteiger partial charge in [-0.3, -0.25) is 9.78 Å². The Bertz CT molecular complexity index is 586. The number of pyridine rings is 1. The summed E-state index contributed by atoms with van der Waals surface area (Å²) in [6.07, 6.45) is 1.45. The number of fused-ring (bicyclic) bond motifs is 1. The number of aromatic nitrogens is 1. The molecule has 1 heterocycles. The van der Waals surface area contributed by atoms with Crippen molar-refractivity contribution in [2.24, 2.45) is 0 Å². The minimum Gasteiger partial charge on any atom is -0.394 e. The minimum atomic E-state index is -0.334. The molecule has 0 unspecified atom stereocenters. The summed E-state index contributed by atoms with van der Waals surface area (Å²) in [6, 6.07) is 7.03. The van der Waals surface area contributed by atoms with Crippen molar-refractivity contribution in [3.63, 3.8) is 0 Å². The summed E-state index contributed by atoms with van der Waals surface area (Å²) in [5.74, 6) is -0.334. The number of rotatable bonds is 3. The molecule has 2 N–H and O–H groups in total. The fraction of sp³-hybridized carbons (Fsp3) is 0.231. The second-order valence-electron chi connectivity index (χ2n) is 4.06. The van der Waals surface area contributed by atoms with Gasteiger partial charge in [0.05, 0.1) is 22.7 Å². The van der Waals surface area contributed by atoms with Crippen LogP contribution in [0.3, 0.4) is 0 Å². The summed E-state index contributed by atoms with van der Waals surface area (Å²) >= 11 is 6.20. The van der Waals surface area contributed by atoms with Gasteiger partial charge in [-0.25, -0.2) is 0 Å². The lowest BCUT2D eigenvalue weighted by atomic mass is 10.1. The van der Waals surface area contributed by atoms with E-state index in [0.29, 0.717) is 10.6 Å². The Hall–Kier alpha value is -1.65. The number of carbonyl (C=O) groups is 1. The number of hydrogen-bond acceptors (Lipinski definition) is 3. The lowest BCUT2D eigenvalue weighted by molar-refractivity contribution is 0.0922. The van der Waals surface area contributed by atoms with E-state index < -0.39 is 0 Å². The maximum atomic E-state index is 11.9. The number of benzene rings is 1. The molecule has 5 heteroatoms. The van der Waals surface area contributed by atoms with Gasteiger partial charge in [0.25, 0.3) is 5.91 Å². The van der Waals surface area contributed by atoms with Crippen LogP contribution in [-0.4, -0.2) is 28.6 Å². The van der Waals surface area contributed by atoms with Crippen molar-refractivity contribution < 1.29 is 9.90 Å². The van der Waals surface area contributed by atoms with Crippen molar-refractivity contribution >= 4 is 28.4 Å². The van der Waals surface area contributed by atoms with Crippen LogP contribution < -0.4 is 5.32 Å². The first-order valence-corrected chi connectivity index (χ1v) is 5.96. The smallest absolute Gasteiger partial charge is 0.254 e. The summed E-state index contributed by atoms with van der Waals surface area (Å²) in [5, 5.41) is 12.7. The number of amides is 1. The van der Waals surface area contributed by atoms with Crippen LogP contribution in [-0.2, 0) is 0 Å². The van der Waals surface area contributed by atoms with E-state index in [2.05, 4.69) is 10.3 Å². The molecule has 0 saturated carbocycles. The van der Waals surface area contributed by atoms with Gasteiger partial charge in [0, 0.05) is 17.6 Å². The number of carbonyl (C=O) groups excluding carboxylic acids is 1. The predicted octanol–water partition coefficient (Wildman–Crippen LogP) is 2.00. The highest BCUT2D eigenvalue weighted by molar-refractivity contribution is 6.38. The van der Waals surface area contributed by atoms with E-state index in [1.807, 2.05) is 24.3 Å². The van der Waals surface area contributed by atoms with Crippen molar-refractivity contribution in [1.29, 1.82) is 0 Å². The molecule has 0 aliphatic carbocycles. The monoisotopic (exact) mass is 264 g/mol. The molecule has 4 nitrogen and oxygen atoms in total. The van der Waals surface area contributed by atoms with E-state index >= 15 is 0 Å². The second kappa shape index (κ2) is 5.33. The maximum absolute atomic E-state index is 11.9. The lowest BCUT2D eigenvalue weighted by Crippen LogP contribution is -2.35. The molecule has 0 radical (unpaired) electrons. The van der Waals surface area contributed by atoms with Gasteiger partial charge >= 0.3 is 0 Å². The van der Waals surface area contributed by atoms with Gasteiger partial charge in [-0.05, 0) is 13.0 Å². The standard InChI is InChI=1S/C13H13ClN2O2/c1-8(7-17)16-13(18)10-6-15-11-5-3-2-4-9(11)12(10)14/h2-6,8,17H,7H2,1H3,(H,16,18)/t8-/m0/s1. The van der Waals surface area contributed by atoms with Gasteiger partial charge in [0.2, 0.25) is 0 Å². The predicted molar refractivity (Wildman–Crippen MR) is 70.8 cm³/mol. The van der Waals surface area contributed by atoms with Crippen molar-refractivity contribution in [2.75, 3.05) is 6.61 Å². The third-order valence-corrected chi connectivity index (χ3v) is 3.01. The molecule has 0 saturated heterocycles. The lowest BCUT2D eigenvalue weighted by Gasteiger charge is -2.12. The van der Waals surface area contributed by atoms with Gasteiger partial charge in [-0.1, -0.05) is 29.8 Å². The first-order chi connectivity index (χ1) is 8.63. The fourth-order valence-corrected chi connectivity index (χ4v) is 1.91. The summed E-state index contributed by atoms with van der Waals surface area (Å²) < 4.78 is 0. The average Bonchev–Trinajstić information content (AvgIpc) is 2.39. The van der Waals surface area contributed by atoms with Gasteiger partial charge < -0.3 is 10.4 Å². The molecule has 2 aromatic rings. The third kappa shape index (κ3) is 2.44. The number of nitrogens with zero attached hydrogens (tertiary/aromatic N) is 1. The molecule has 0 aliphatic rings. The molecule has 0 spiro atoms. The highest BCUT2D eigenvalue weighted by atomic mass is 35.5. The third-order valence-electron chi connectivity index (χ3n) is 2.61. The van der Waals surface area contributed by atoms with Crippen molar-refractivity contribution in [3.8, 4) is 0 Å². The molecule has 1 aromatic heterocycles. The Labute approximate surface area is 110 Å². The Balaban J connectivity index is 2.40. The zero-order chi connectivity index (χ0) is 13.1. The minimum absolute atomic E-state index is 0.121. The quantitative estimate of drug-likeness (QED) is 0.891. The second-order valence-corrected chi connectivity index (χ2v) is 4.44. The number of aliphatic hydroxyl groups is 1. The molecule has 1 aromatic carbocycles. The molecule has 0 aliphatic heterocycles. The molecule has 1 amide bonds.